The number of aryl methyl sites for hydroxylation is 1. The smallest absolute Gasteiger partial charge is 0.139 e. The number of benzene rings is 2. The van der Waals surface area contributed by atoms with E-state index < -0.39 is 0 Å². The van der Waals surface area contributed by atoms with E-state index in [4.69, 9.17) is 9.15 Å². The van der Waals surface area contributed by atoms with Crippen LogP contribution in [0.15, 0.2) is 40.8 Å². The van der Waals surface area contributed by atoms with E-state index in [1.165, 1.54) is 5.56 Å². The highest BCUT2D eigenvalue weighted by molar-refractivity contribution is 6.05. The van der Waals surface area contributed by atoms with Gasteiger partial charge in [0.2, 0.25) is 0 Å². The van der Waals surface area contributed by atoms with Gasteiger partial charge in [0.05, 0.1) is 7.11 Å². The van der Waals surface area contributed by atoms with E-state index in [9.17, 15) is 0 Å². The first-order valence-corrected chi connectivity index (χ1v) is 5.25. The van der Waals surface area contributed by atoms with Gasteiger partial charge in [0.25, 0.3) is 0 Å². The van der Waals surface area contributed by atoms with Gasteiger partial charge in [-0.3, -0.25) is 0 Å². The minimum atomic E-state index is 0.822. The zero-order chi connectivity index (χ0) is 11.1. The predicted octanol–water partition coefficient (Wildman–Crippen LogP) is 3.90. The van der Waals surface area contributed by atoms with Crippen LogP contribution >= 0.6 is 0 Å². The lowest BCUT2D eigenvalue weighted by Gasteiger charge is -1.97. The molecule has 2 heteroatoms. The molecule has 3 aromatic rings. The molecule has 0 fully saturated rings. The maximum Gasteiger partial charge on any atom is 0.139 e. The van der Waals surface area contributed by atoms with E-state index in [2.05, 4.69) is 25.1 Å². The Hall–Kier alpha value is -1.96. The Bertz CT molecular complexity index is 665. The molecule has 2 aromatic carbocycles. The monoisotopic (exact) mass is 212 g/mol. The van der Waals surface area contributed by atoms with Gasteiger partial charge in [-0.1, -0.05) is 12.1 Å². The second kappa shape index (κ2) is 3.27. The third-order valence-electron chi connectivity index (χ3n) is 2.84. The van der Waals surface area contributed by atoms with Crippen molar-refractivity contribution in [3.63, 3.8) is 0 Å². The van der Waals surface area contributed by atoms with E-state index in [1.807, 2.05) is 18.2 Å². The molecule has 16 heavy (non-hydrogen) atoms. The highest BCUT2D eigenvalue weighted by Crippen LogP contribution is 2.31. The fourth-order valence-corrected chi connectivity index (χ4v) is 1.99. The Labute approximate surface area is 93.4 Å². The molecule has 0 saturated carbocycles. The van der Waals surface area contributed by atoms with Gasteiger partial charge in [-0.2, -0.15) is 0 Å². The average Bonchev–Trinajstić information content (AvgIpc) is 2.64. The van der Waals surface area contributed by atoms with Crippen LogP contribution in [0.25, 0.3) is 21.9 Å². The Morgan fingerprint density at radius 3 is 2.38 bits per heavy atom. The summed E-state index contributed by atoms with van der Waals surface area (Å²) >= 11 is 0. The van der Waals surface area contributed by atoms with Crippen molar-refractivity contribution in [2.45, 2.75) is 6.92 Å². The Kier molecular flexibility index (Phi) is 1.90. The highest BCUT2D eigenvalue weighted by atomic mass is 16.5. The summed E-state index contributed by atoms with van der Waals surface area (Å²) < 4.78 is 11.0. The Morgan fingerprint density at radius 2 is 1.62 bits per heavy atom. The summed E-state index contributed by atoms with van der Waals surface area (Å²) in [5, 5.41) is 2.29. The van der Waals surface area contributed by atoms with Gasteiger partial charge in [-0.15, -0.1) is 0 Å². The molecule has 0 bridgehead atoms. The SMILES string of the molecule is COc1ccc2c(c1)oc1cc(C)ccc12. The summed E-state index contributed by atoms with van der Waals surface area (Å²) in [6.45, 7) is 2.06. The molecule has 0 atom stereocenters. The number of hydrogen-bond donors (Lipinski definition) is 0. The van der Waals surface area contributed by atoms with Gasteiger partial charge >= 0.3 is 0 Å². The van der Waals surface area contributed by atoms with Crippen molar-refractivity contribution < 1.29 is 9.15 Å². The lowest BCUT2D eigenvalue weighted by atomic mass is 10.1. The standard InChI is InChI=1S/C14H12O2/c1-9-3-5-11-12-6-4-10(15-2)8-14(12)16-13(11)7-9/h3-8H,1-2H3. The molecule has 0 amide bonds. The molecule has 2 nitrogen and oxygen atoms in total. The molecule has 80 valence electrons. The Balaban J connectivity index is 2.40. The molecule has 0 aliphatic carbocycles. The molecule has 0 unspecified atom stereocenters. The molecule has 3 rings (SSSR count). The fourth-order valence-electron chi connectivity index (χ4n) is 1.99. The predicted molar refractivity (Wildman–Crippen MR) is 65.0 cm³/mol. The number of ether oxygens (including phenoxy) is 1. The first-order chi connectivity index (χ1) is 7.78. The van der Waals surface area contributed by atoms with Crippen molar-refractivity contribution in [1.82, 2.24) is 0 Å². The summed E-state index contributed by atoms with van der Waals surface area (Å²) in [6, 6.07) is 12.2. The minimum absolute atomic E-state index is 0.822. The van der Waals surface area contributed by atoms with Gasteiger partial charge in [-0.25, -0.2) is 0 Å². The molecule has 1 heterocycles. The summed E-state index contributed by atoms with van der Waals surface area (Å²) in [5.74, 6) is 0.822. The average molecular weight is 212 g/mol. The first-order valence-electron chi connectivity index (χ1n) is 5.25. The van der Waals surface area contributed by atoms with Crippen LogP contribution < -0.4 is 4.74 Å². The van der Waals surface area contributed by atoms with Gasteiger partial charge < -0.3 is 9.15 Å². The van der Waals surface area contributed by atoms with E-state index in [1.54, 1.807) is 7.11 Å². The molecule has 0 N–H and O–H groups in total. The number of rotatable bonds is 1. The van der Waals surface area contributed by atoms with E-state index in [0.717, 1.165) is 27.7 Å². The van der Waals surface area contributed by atoms with Crippen LogP contribution in [0.4, 0.5) is 0 Å². The molecule has 0 aliphatic heterocycles. The first kappa shape index (κ1) is 9.28. The molecule has 0 spiro atoms. The van der Waals surface area contributed by atoms with Crippen molar-refractivity contribution in [2.24, 2.45) is 0 Å². The second-order valence-corrected chi connectivity index (χ2v) is 3.96. The summed E-state index contributed by atoms with van der Waals surface area (Å²) in [7, 11) is 1.66. The largest absolute Gasteiger partial charge is 0.497 e. The van der Waals surface area contributed by atoms with Crippen LogP contribution in [0, 0.1) is 6.92 Å². The van der Waals surface area contributed by atoms with Crippen LogP contribution in [-0.4, -0.2) is 7.11 Å². The molecule has 0 radical (unpaired) electrons. The van der Waals surface area contributed by atoms with E-state index in [0.29, 0.717) is 0 Å². The number of fused-ring (bicyclic) bond motifs is 3. The van der Waals surface area contributed by atoms with Crippen molar-refractivity contribution >= 4 is 21.9 Å². The van der Waals surface area contributed by atoms with Gasteiger partial charge in [0.1, 0.15) is 16.9 Å². The second-order valence-electron chi connectivity index (χ2n) is 3.96. The van der Waals surface area contributed by atoms with Crippen LogP contribution in [0.3, 0.4) is 0 Å². The molecular formula is C14H12O2. The Morgan fingerprint density at radius 1 is 0.938 bits per heavy atom. The van der Waals surface area contributed by atoms with Crippen LogP contribution in [-0.2, 0) is 0 Å². The minimum Gasteiger partial charge on any atom is -0.497 e. The zero-order valence-corrected chi connectivity index (χ0v) is 9.28. The van der Waals surface area contributed by atoms with Gasteiger partial charge in [0.15, 0.2) is 0 Å². The zero-order valence-electron chi connectivity index (χ0n) is 9.28. The van der Waals surface area contributed by atoms with Crippen molar-refractivity contribution in [3.05, 3.63) is 42.0 Å². The highest BCUT2D eigenvalue weighted by Gasteiger charge is 2.07. The van der Waals surface area contributed by atoms with E-state index >= 15 is 0 Å². The number of furan rings is 1. The lowest BCUT2D eigenvalue weighted by Crippen LogP contribution is -1.80. The van der Waals surface area contributed by atoms with Crippen LogP contribution in [0.1, 0.15) is 5.56 Å². The summed E-state index contributed by atoms with van der Waals surface area (Å²) in [6.07, 6.45) is 0. The molecule has 0 saturated heterocycles. The number of hydrogen-bond acceptors (Lipinski definition) is 2. The fraction of sp³-hybridized carbons (Fsp3) is 0.143. The maximum absolute atomic E-state index is 5.80. The maximum atomic E-state index is 5.80. The van der Waals surface area contributed by atoms with Gasteiger partial charge in [-0.05, 0) is 30.7 Å². The molecule has 1 aromatic heterocycles. The molecular weight excluding hydrogens is 200 g/mol. The molecule has 0 aliphatic rings. The lowest BCUT2D eigenvalue weighted by molar-refractivity contribution is 0.414. The summed E-state index contributed by atoms with van der Waals surface area (Å²) in [4.78, 5) is 0. The van der Waals surface area contributed by atoms with Crippen molar-refractivity contribution in [1.29, 1.82) is 0 Å². The number of methoxy groups -OCH3 is 1. The third-order valence-corrected chi connectivity index (χ3v) is 2.84. The van der Waals surface area contributed by atoms with Crippen molar-refractivity contribution in [3.8, 4) is 5.75 Å². The van der Waals surface area contributed by atoms with Crippen molar-refractivity contribution in [2.75, 3.05) is 7.11 Å². The van der Waals surface area contributed by atoms with Gasteiger partial charge in [0, 0.05) is 16.8 Å². The van der Waals surface area contributed by atoms with Crippen LogP contribution in [0.5, 0.6) is 5.75 Å². The normalized spacial score (nSPS) is 11.1. The quantitative estimate of drug-likeness (QED) is 0.610. The summed E-state index contributed by atoms with van der Waals surface area (Å²) in [5.41, 5.74) is 3.02. The third kappa shape index (κ3) is 1.27. The van der Waals surface area contributed by atoms with E-state index in [-0.39, 0.29) is 0 Å². The van der Waals surface area contributed by atoms with Crippen LogP contribution in [0.2, 0.25) is 0 Å². The topological polar surface area (TPSA) is 22.4 Å².